The first-order valence-electron chi connectivity index (χ1n) is 22.1. The molecule has 1 fully saturated rings. The molecule has 4 rings (SSSR count). The summed E-state index contributed by atoms with van der Waals surface area (Å²) >= 11 is 0. The summed E-state index contributed by atoms with van der Waals surface area (Å²) in [6.45, 7) is 2.14. The van der Waals surface area contributed by atoms with Gasteiger partial charge in [-0.25, -0.2) is 9.18 Å². The van der Waals surface area contributed by atoms with Crippen molar-refractivity contribution in [3.8, 4) is 11.1 Å². The van der Waals surface area contributed by atoms with E-state index in [1.165, 1.54) is 0 Å². The first-order chi connectivity index (χ1) is 31.9. The molecule has 0 bridgehead atoms. The van der Waals surface area contributed by atoms with Crippen LogP contribution in [0.15, 0.2) is 64.2 Å². The SMILES string of the molecule is NCCOCCOCCOCCOCCNc1c(NCCCCCCO[C@]2(C(=O)O)C[C@H](O)[C@@H](NC(=O)CF)[C@H]([C@H](O)[C@H](O)CNC(=O)Cc3ccc(-c4ccccc4)cc3)O2)c(=O)c1=O. The van der Waals surface area contributed by atoms with Gasteiger partial charge in [0.15, 0.2) is 6.67 Å². The summed E-state index contributed by atoms with van der Waals surface area (Å²) in [4.78, 5) is 61.8. The topological polar surface area (TPSA) is 296 Å². The van der Waals surface area contributed by atoms with Crippen LogP contribution in [0.1, 0.15) is 37.7 Å². The van der Waals surface area contributed by atoms with E-state index < -0.39 is 84.5 Å². The number of anilines is 2. The van der Waals surface area contributed by atoms with Gasteiger partial charge in [0.1, 0.15) is 23.6 Å². The highest BCUT2D eigenvalue weighted by Gasteiger charge is 2.55. The molecule has 6 atom stereocenters. The summed E-state index contributed by atoms with van der Waals surface area (Å²) in [7, 11) is 0. The van der Waals surface area contributed by atoms with Crippen LogP contribution in [0.25, 0.3) is 11.1 Å². The molecule has 0 saturated carbocycles. The highest BCUT2D eigenvalue weighted by atomic mass is 19.1. The molecule has 3 aromatic carbocycles. The average Bonchev–Trinajstić information content (AvgIpc) is 3.32. The predicted octanol–water partition coefficient (Wildman–Crippen LogP) is -0.159. The molecule has 0 aliphatic carbocycles. The van der Waals surface area contributed by atoms with E-state index in [0.29, 0.717) is 97.1 Å². The standard InChI is InChI=1S/C45H64FN5O15/c46-28-36(55)51-37-33(52)27-45(44(59)60,66-43(37)40(56)34(53)29-50-35(54)26-30-10-12-32(13-11-30)31-8-4-3-5-9-31)65-17-7-2-1-6-15-48-38-39(42(58)41(38)57)49-16-19-62-21-23-64-25-24-63-22-20-61-18-14-47/h3-5,8-13,33-34,37,40,43,48-49,52-53,56H,1-2,6-7,14-29,47H2,(H,50,54)(H,51,55)(H,59,60)/t33-,34+,37+,40+,43+,45+/m0/s1. The van der Waals surface area contributed by atoms with Crippen molar-refractivity contribution in [3.63, 3.8) is 0 Å². The zero-order chi connectivity index (χ0) is 47.7. The Hall–Kier alpha value is -4.94. The predicted molar refractivity (Wildman–Crippen MR) is 239 cm³/mol. The number of rotatable bonds is 34. The number of halogens is 1. The lowest BCUT2D eigenvalue weighted by Crippen LogP contribution is -2.68. The normalized spacial score (nSPS) is 19.3. The molecule has 10 N–H and O–H groups in total. The summed E-state index contributed by atoms with van der Waals surface area (Å²) in [5.41, 5.74) is 7.09. The zero-order valence-electron chi connectivity index (χ0n) is 37.0. The molecule has 20 nitrogen and oxygen atoms in total. The molecule has 0 spiro atoms. The van der Waals surface area contributed by atoms with Crippen LogP contribution in [0, 0.1) is 0 Å². The molecule has 1 heterocycles. The van der Waals surface area contributed by atoms with Gasteiger partial charge in [-0.05, 0) is 29.5 Å². The van der Waals surface area contributed by atoms with Gasteiger partial charge in [-0.2, -0.15) is 0 Å². The maximum absolute atomic E-state index is 13.2. The summed E-state index contributed by atoms with van der Waals surface area (Å²) in [6.07, 6.45) is -6.07. The van der Waals surface area contributed by atoms with Crippen LogP contribution >= 0.6 is 0 Å². The number of unbranched alkanes of at least 4 members (excludes halogenated alkanes) is 3. The highest BCUT2D eigenvalue weighted by Crippen LogP contribution is 2.34. The highest BCUT2D eigenvalue weighted by molar-refractivity contribution is 5.79. The maximum atomic E-state index is 13.2. The number of carbonyl (C=O) groups is 3. The van der Waals surface area contributed by atoms with Crippen molar-refractivity contribution in [2.24, 2.45) is 5.73 Å². The van der Waals surface area contributed by atoms with E-state index in [4.69, 9.17) is 34.2 Å². The number of alkyl halides is 1. The van der Waals surface area contributed by atoms with Gasteiger partial charge in [-0.15, -0.1) is 0 Å². The number of hydrogen-bond acceptors (Lipinski definition) is 17. The number of aliphatic hydroxyl groups is 3. The van der Waals surface area contributed by atoms with Crippen LogP contribution in [0.2, 0.25) is 0 Å². The third-order valence-corrected chi connectivity index (χ3v) is 10.6. The minimum atomic E-state index is -2.53. The quantitative estimate of drug-likeness (QED) is 0.0278. The average molecular weight is 934 g/mol. The van der Waals surface area contributed by atoms with E-state index in [9.17, 15) is 48.8 Å². The molecule has 366 valence electrons. The first kappa shape index (κ1) is 53.7. The summed E-state index contributed by atoms with van der Waals surface area (Å²) in [5.74, 6) is -5.87. The van der Waals surface area contributed by atoms with Crippen LogP contribution in [0.4, 0.5) is 15.8 Å². The Balaban J connectivity index is 1.16. The summed E-state index contributed by atoms with van der Waals surface area (Å²) in [5, 5.41) is 54.0. The Morgan fingerprint density at radius 1 is 0.758 bits per heavy atom. The molecule has 21 heteroatoms. The first-order valence-corrected chi connectivity index (χ1v) is 22.1. The summed E-state index contributed by atoms with van der Waals surface area (Å²) in [6, 6.07) is 15.4. The largest absolute Gasteiger partial charge is 0.477 e. The lowest BCUT2D eigenvalue weighted by atomic mass is 9.88. The number of aliphatic hydroxyl groups excluding tert-OH is 3. The molecule has 0 unspecified atom stereocenters. The van der Waals surface area contributed by atoms with Gasteiger partial charge in [0.25, 0.3) is 22.6 Å². The Morgan fingerprint density at radius 2 is 1.33 bits per heavy atom. The van der Waals surface area contributed by atoms with E-state index in [0.717, 1.165) is 11.1 Å². The van der Waals surface area contributed by atoms with Crippen molar-refractivity contribution in [3.05, 3.63) is 80.6 Å². The molecule has 1 aliphatic heterocycles. The van der Waals surface area contributed by atoms with Crippen LogP contribution in [0.5, 0.6) is 0 Å². The van der Waals surface area contributed by atoms with Crippen LogP contribution < -0.4 is 37.9 Å². The number of ether oxygens (including phenoxy) is 6. The van der Waals surface area contributed by atoms with E-state index in [-0.39, 0.29) is 31.0 Å². The molecular formula is C45H64FN5O15. The third-order valence-electron chi connectivity index (χ3n) is 10.6. The fourth-order valence-corrected chi connectivity index (χ4v) is 7.04. The van der Waals surface area contributed by atoms with Crippen molar-refractivity contribution in [1.82, 2.24) is 10.6 Å². The van der Waals surface area contributed by atoms with Crippen molar-refractivity contribution < 1.29 is 67.6 Å². The van der Waals surface area contributed by atoms with Crippen LogP contribution in [-0.2, 0) is 49.2 Å². The Labute approximate surface area is 381 Å². The second-order valence-corrected chi connectivity index (χ2v) is 15.5. The number of amides is 2. The number of hydrogen-bond donors (Lipinski definition) is 9. The zero-order valence-corrected chi connectivity index (χ0v) is 37.0. The molecule has 3 aromatic rings. The van der Waals surface area contributed by atoms with E-state index in [2.05, 4.69) is 21.3 Å². The number of carboxylic acids is 1. The Bertz CT molecular complexity index is 1970. The van der Waals surface area contributed by atoms with Crippen molar-refractivity contribution in [2.45, 2.75) is 74.8 Å². The van der Waals surface area contributed by atoms with Gasteiger partial charge in [-0.3, -0.25) is 19.2 Å². The fraction of sp³-hybridized carbons (Fsp3) is 0.578. The lowest BCUT2D eigenvalue weighted by molar-refractivity contribution is -0.310. The van der Waals surface area contributed by atoms with Crippen molar-refractivity contribution in [2.75, 3.05) is 103 Å². The monoisotopic (exact) mass is 933 g/mol. The maximum Gasteiger partial charge on any atom is 0.364 e. The van der Waals surface area contributed by atoms with E-state index in [1.54, 1.807) is 12.1 Å². The van der Waals surface area contributed by atoms with E-state index >= 15 is 0 Å². The smallest absolute Gasteiger partial charge is 0.364 e. The van der Waals surface area contributed by atoms with Crippen LogP contribution in [-0.4, -0.2) is 167 Å². The number of nitrogens with one attached hydrogen (secondary N) is 4. The van der Waals surface area contributed by atoms with Gasteiger partial charge in [0.2, 0.25) is 5.91 Å². The van der Waals surface area contributed by atoms with Crippen LogP contribution in [0.3, 0.4) is 0 Å². The van der Waals surface area contributed by atoms with Gasteiger partial charge in [0, 0.05) is 32.6 Å². The van der Waals surface area contributed by atoms with Gasteiger partial charge < -0.3 is 75.8 Å². The number of aliphatic carboxylic acids is 1. The third kappa shape index (κ3) is 17.0. The molecule has 1 saturated heterocycles. The second kappa shape index (κ2) is 29.0. The number of carbonyl (C=O) groups excluding carboxylic acids is 2. The van der Waals surface area contributed by atoms with Gasteiger partial charge in [0.05, 0.1) is 84.1 Å². The second-order valence-electron chi connectivity index (χ2n) is 15.5. The molecule has 0 radical (unpaired) electrons. The van der Waals surface area contributed by atoms with Crippen molar-refractivity contribution in [1.29, 1.82) is 0 Å². The Kier molecular flexibility index (Phi) is 23.5. The molecular weight excluding hydrogens is 870 g/mol. The Morgan fingerprint density at radius 3 is 1.94 bits per heavy atom. The van der Waals surface area contributed by atoms with Gasteiger partial charge >= 0.3 is 5.97 Å². The van der Waals surface area contributed by atoms with E-state index in [1.807, 2.05) is 42.5 Å². The number of nitrogens with two attached hydrogens (primary N) is 1. The summed E-state index contributed by atoms with van der Waals surface area (Å²) < 4.78 is 46.2. The lowest BCUT2D eigenvalue weighted by Gasteiger charge is -2.46. The van der Waals surface area contributed by atoms with Gasteiger partial charge in [-0.1, -0.05) is 67.4 Å². The number of benzene rings is 2. The molecule has 2 amide bonds. The number of carboxylic acid groups (broad SMARTS) is 1. The minimum absolute atomic E-state index is 0.0594. The molecule has 0 aromatic heterocycles. The van der Waals surface area contributed by atoms with Crippen molar-refractivity contribution >= 4 is 29.2 Å². The molecule has 66 heavy (non-hydrogen) atoms. The minimum Gasteiger partial charge on any atom is -0.477 e. The fourth-order valence-electron chi connectivity index (χ4n) is 7.04. The molecule has 1 aliphatic rings.